The molecule has 0 amide bonds. The minimum Gasteiger partial charge on any atom is -0.387 e. The van der Waals surface area contributed by atoms with Crippen molar-refractivity contribution >= 4 is 5.78 Å². The minimum absolute atomic E-state index is 0.0781. The normalized spacial score (nSPS) is 25.3. The second-order valence-corrected chi connectivity index (χ2v) is 2.29. The second kappa shape index (κ2) is 2.24. The number of nitrogens with zero attached hydrogens (tertiary/aromatic N) is 1. The number of Topliss-reactive ketones (excluding diaryl/α,β-unsaturated/α-hetero) is 1. The highest BCUT2D eigenvalue weighted by molar-refractivity contribution is 5.99. The number of ketones is 1. The van der Waals surface area contributed by atoms with E-state index in [1.165, 1.54) is 0 Å². The zero-order chi connectivity index (χ0) is 7.72. The summed E-state index contributed by atoms with van der Waals surface area (Å²) in [7, 11) is 0. The van der Waals surface area contributed by atoms with Crippen LogP contribution in [0.3, 0.4) is 0 Å². The quantitative estimate of drug-likeness (QED) is 0.517. The van der Waals surface area contributed by atoms with Crippen molar-refractivity contribution < 1.29 is 9.90 Å². The van der Waals surface area contributed by atoms with Crippen LogP contribution >= 0.6 is 0 Å². The Morgan fingerprint density at radius 1 is 1.80 bits per heavy atom. The lowest BCUT2D eigenvalue weighted by molar-refractivity contribution is -0.115. The first-order chi connectivity index (χ1) is 4.66. The van der Waals surface area contributed by atoms with Gasteiger partial charge in [0.1, 0.15) is 0 Å². The summed E-state index contributed by atoms with van der Waals surface area (Å²) in [4.78, 5) is 10.8. The number of rotatable bonds is 0. The van der Waals surface area contributed by atoms with Gasteiger partial charge in [-0.25, -0.2) is 0 Å². The third-order valence-corrected chi connectivity index (χ3v) is 1.65. The fourth-order valence-electron chi connectivity index (χ4n) is 0.989. The van der Waals surface area contributed by atoms with Crippen molar-refractivity contribution in [2.75, 3.05) is 0 Å². The maximum atomic E-state index is 10.8. The molecular weight excluding hydrogens is 130 g/mol. The van der Waals surface area contributed by atoms with E-state index >= 15 is 0 Å². The van der Waals surface area contributed by atoms with Crippen LogP contribution in [0.25, 0.3) is 0 Å². The van der Waals surface area contributed by atoms with Crippen molar-refractivity contribution in [3.8, 4) is 6.07 Å². The second-order valence-electron chi connectivity index (χ2n) is 2.29. The molecule has 1 aliphatic rings. The lowest BCUT2D eigenvalue weighted by atomic mass is 10.2. The van der Waals surface area contributed by atoms with Crippen LogP contribution in [0.4, 0.5) is 0 Å². The molecule has 52 valence electrons. The van der Waals surface area contributed by atoms with Gasteiger partial charge in [-0.05, 0) is 6.92 Å². The Labute approximate surface area is 58.6 Å². The summed E-state index contributed by atoms with van der Waals surface area (Å²) in [6.45, 7) is 1.57. The van der Waals surface area contributed by atoms with Gasteiger partial charge < -0.3 is 5.11 Å². The van der Waals surface area contributed by atoms with E-state index in [4.69, 9.17) is 10.4 Å². The van der Waals surface area contributed by atoms with E-state index in [1.807, 2.05) is 0 Å². The first kappa shape index (κ1) is 6.97. The van der Waals surface area contributed by atoms with E-state index in [1.54, 1.807) is 13.0 Å². The fraction of sp³-hybridized carbons (Fsp3) is 0.429. The summed E-state index contributed by atoms with van der Waals surface area (Å²) in [6.07, 6.45) is -0.771. The van der Waals surface area contributed by atoms with Gasteiger partial charge in [-0.1, -0.05) is 0 Å². The van der Waals surface area contributed by atoms with Gasteiger partial charge >= 0.3 is 0 Å². The third-order valence-electron chi connectivity index (χ3n) is 1.65. The van der Waals surface area contributed by atoms with E-state index in [-0.39, 0.29) is 17.8 Å². The highest BCUT2D eigenvalue weighted by Gasteiger charge is 2.27. The van der Waals surface area contributed by atoms with Gasteiger partial charge in [-0.2, -0.15) is 5.26 Å². The standard InChI is InChI=1S/C7H7NO2/c1-4-5(3-8)7(10)2-6(4)9/h7,10H,2H2,1H3. The predicted octanol–water partition coefficient (Wildman–Crippen LogP) is 0.160. The summed E-state index contributed by atoms with van der Waals surface area (Å²) in [6, 6.07) is 1.80. The minimum atomic E-state index is -0.850. The monoisotopic (exact) mass is 137 g/mol. The zero-order valence-electron chi connectivity index (χ0n) is 5.59. The third kappa shape index (κ3) is 0.829. The molecule has 0 heterocycles. The van der Waals surface area contributed by atoms with Gasteiger partial charge in [0, 0.05) is 12.0 Å². The van der Waals surface area contributed by atoms with E-state index < -0.39 is 6.10 Å². The van der Waals surface area contributed by atoms with Crippen molar-refractivity contribution in [2.24, 2.45) is 0 Å². The summed E-state index contributed by atoms with van der Waals surface area (Å²) >= 11 is 0. The number of hydrogen-bond donors (Lipinski definition) is 1. The number of nitriles is 1. The highest BCUT2D eigenvalue weighted by atomic mass is 16.3. The van der Waals surface area contributed by atoms with Crippen molar-refractivity contribution in [3.63, 3.8) is 0 Å². The van der Waals surface area contributed by atoms with E-state index in [0.717, 1.165) is 0 Å². The molecule has 0 spiro atoms. The Balaban J connectivity index is 3.04. The van der Waals surface area contributed by atoms with Crippen LogP contribution in [-0.2, 0) is 4.79 Å². The lowest BCUT2D eigenvalue weighted by Gasteiger charge is -1.95. The van der Waals surface area contributed by atoms with E-state index in [9.17, 15) is 4.79 Å². The van der Waals surface area contributed by atoms with Crippen LogP contribution in [0.2, 0.25) is 0 Å². The largest absolute Gasteiger partial charge is 0.387 e. The maximum Gasteiger partial charge on any atom is 0.162 e. The summed E-state index contributed by atoms with van der Waals surface area (Å²) in [5.41, 5.74) is 0.639. The Morgan fingerprint density at radius 3 is 2.60 bits per heavy atom. The molecule has 0 aromatic rings. The van der Waals surface area contributed by atoms with Crippen LogP contribution in [0.1, 0.15) is 13.3 Å². The van der Waals surface area contributed by atoms with Crippen molar-refractivity contribution in [1.82, 2.24) is 0 Å². The van der Waals surface area contributed by atoms with Gasteiger partial charge in [0.05, 0.1) is 17.7 Å². The van der Waals surface area contributed by atoms with Crippen molar-refractivity contribution in [2.45, 2.75) is 19.4 Å². The fourth-order valence-corrected chi connectivity index (χ4v) is 0.989. The number of hydrogen-bond acceptors (Lipinski definition) is 3. The van der Waals surface area contributed by atoms with Crippen LogP contribution in [0.5, 0.6) is 0 Å². The number of aliphatic hydroxyl groups is 1. The molecule has 0 fully saturated rings. The Kier molecular flexibility index (Phi) is 1.56. The Morgan fingerprint density at radius 2 is 2.40 bits per heavy atom. The molecule has 0 saturated carbocycles. The predicted molar refractivity (Wildman–Crippen MR) is 33.9 cm³/mol. The van der Waals surface area contributed by atoms with Gasteiger partial charge in [0.2, 0.25) is 0 Å². The average molecular weight is 137 g/mol. The first-order valence-electron chi connectivity index (χ1n) is 2.99. The molecule has 10 heavy (non-hydrogen) atoms. The Bertz CT molecular complexity index is 247. The molecule has 1 unspecified atom stereocenters. The molecule has 1 atom stereocenters. The van der Waals surface area contributed by atoms with Crippen LogP contribution in [-0.4, -0.2) is 17.0 Å². The van der Waals surface area contributed by atoms with E-state index in [2.05, 4.69) is 0 Å². The van der Waals surface area contributed by atoms with E-state index in [0.29, 0.717) is 5.57 Å². The topological polar surface area (TPSA) is 61.1 Å². The smallest absolute Gasteiger partial charge is 0.162 e. The number of carbonyl (C=O) groups is 1. The molecule has 3 nitrogen and oxygen atoms in total. The van der Waals surface area contributed by atoms with Gasteiger partial charge in [0.15, 0.2) is 5.78 Å². The van der Waals surface area contributed by atoms with Crippen LogP contribution in [0.15, 0.2) is 11.1 Å². The molecule has 0 aromatic heterocycles. The molecular formula is C7H7NO2. The summed E-state index contributed by atoms with van der Waals surface area (Å²) in [5.74, 6) is -0.121. The molecule has 3 heteroatoms. The van der Waals surface area contributed by atoms with Crippen molar-refractivity contribution in [1.29, 1.82) is 5.26 Å². The van der Waals surface area contributed by atoms with Gasteiger partial charge in [-0.3, -0.25) is 4.79 Å². The highest BCUT2D eigenvalue weighted by Crippen LogP contribution is 2.21. The Hall–Kier alpha value is -1.14. The lowest BCUT2D eigenvalue weighted by Crippen LogP contribution is -2.04. The van der Waals surface area contributed by atoms with Gasteiger partial charge in [-0.15, -0.1) is 0 Å². The molecule has 1 rings (SSSR count). The van der Waals surface area contributed by atoms with Gasteiger partial charge in [0.25, 0.3) is 0 Å². The van der Waals surface area contributed by atoms with Crippen molar-refractivity contribution in [3.05, 3.63) is 11.1 Å². The number of aliphatic hydroxyl groups excluding tert-OH is 1. The number of allylic oxidation sites excluding steroid dienone is 1. The molecule has 0 bridgehead atoms. The molecule has 0 saturated heterocycles. The van der Waals surface area contributed by atoms with Crippen LogP contribution in [0, 0.1) is 11.3 Å². The summed E-state index contributed by atoms with van der Waals surface area (Å²) in [5, 5.41) is 17.4. The summed E-state index contributed by atoms with van der Waals surface area (Å²) < 4.78 is 0. The molecule has 0 radical (unpaired) electrons. The molecule has 0 aliphatic heterocycles. The average Bonchev–Trinajstić information content (AvgIpc) is 2.09. The maximum absolute atomic E-state index is 10.8. The SMILES string of the molecule is CC1=C(C#N)C(O)CC1=O. The number of carbonyl (C=O) groups excluding carboxylic acids is 1. The molecule has 1 N–H and O–H groups in total. The molecule has 1 aliphatic carbocycles. The van der Waals surface area contributed by atoms with Crippen LogP contribution < -0.4 is 0 Å². The first-order valence-corrected chi connectivity index (χ1v) is 2.99. The zero-order valence-corrected chi connectivity index (χ0v) is 5.59. The molecule has 0 aromatic carbocycles.